The van der Waals surface area contributed by atoms with E-state index in [2.05, 4.69) is 27.5 Å². The average Bonchev–Trinajstić information content (AvgIpc) is 3.52. The second-order valence-corrected chi connectivity index (χ2v) is 8.27. The number of fused-ring (bicyclic) bond motifs is 1. The van der Waals surface area contributed by atoms with Crippen molar-refractivity contribution in [3.05, 3.63) is 71.7 Å². The Kier molecular flexibility index (Phi) is 5.24. The van der Waals surface area contributed by atoms with Crippen LogP contribution in [0.3, 0.4) is 0 Å². The molecule has 1 saturated heterocycles. The maximum Gasteiger partial charge on any atom is 0.231 e. The first kappa shape index (κ1) is 19.5. The van der Waals surface area contributed by atoms with Gasteiger partial charge in [0.1, 0.15) is 0 Å². The first-order chi connectivity index (χ1) is 15.2. The number of anilines is 2. The summed E-state index contributed by atoms with van der Waals surface area (Å²) in [6, 6.07) is 12.0. The van der Waals surface area contributed by atoms with Crippen molar-refractivity contribution in [3.8, 4) is 0 Å². The Hall–Kier alpha value is -3.48. The molecule has 1 aliphatic heterocycles. The Morgan fingerprint density at radius 1 is 1.10 bits per heavy atom. The van der Waals surface area contributed by atoms with Crippen LogP contribution in [-0.4, -0.2) is 33.1 Å². The fourth-order valence-corrected chi connectivity index (χ4v) is 4.43. The molecule has 7 nitrogen and oxygen atoms in total. The van der Waals surface area contributed by atoms with Gasteiger partial charge in [0.25, 0.3) is 0 Å². The molecule has 2 aliphatic rings. The molecular weight excluding hydrogens is 390 g/mol. The van der Waals surface area contributed by atoms with Crippen LogP contribution < -0.4 is 10.2 Å². The maximum absolute atomic E-state index is 12.8. The van der Waals surface area contributed by atoms with Gasteiger partial charge in [-0.15, -0.1) is 0 Å². The van der Waals surface area contributed by atoms with E-state index in [4.69, 9.17) is 0 Å². The van der Waals surface area contributed by atoms with E-state index in [1.807, 2.05) is 29.1 Å². The van der Waals surface area contributed by atoms with Gasteiger partial charge in [-0.3, -0.25) is 19.3 Å². The normalized spacial score (nSPS) is 17.7. The molecule has 31 heavy (non-hydrogen) atoms. The van der Waals surface area contributed by atoms with Crippen LogP contribution in [0.5, 0.6) is 0 Å². The van der Waals surface area contributed by atoms with Crippen molar-refractivity contribution >= 4 is 23.3 Å². The van der Waals surface area contributed by atoms with Crippen LogP contribution in [0, 0.1) is 5.92 Å². The molecule has 3 aromatic rings. The van der Waals surface area contributed by atoms with Gasteiger partial charge in [0.05, 0.1) is 5.92 Å². The summed E-state index contributed by atoms with van der Waals surface area (Å²) >= 11 is 0. The predicted molar refractivity (Wildman–Crippen MR) is 118 cm³/mol. The number of pyridine rings is 1. The Morgan fingerprint density at radius 3 is 2.81 bits per heavy atom. The van der Waals surface area contributed by atoms with E-state index in [9.17, 15) is 9.59 Å². The highest BCUT2D eigenvalue weighted by Crippen LogP contribution is 2.30. The summed E-state index contributed by atoms with van der Waals surface area (Å²) in [5.41, 5.74) is 4.80. The molecule has 1 N–H and O–H groups in total. The van der Waals surface area contributed by atoms with E-state index in [0.29, 0.717) is 18.9 Å². The van der Waals surface area contributed by atoms with Gasteiger partial charge in [-0.05, 0) is 66.6 Å². The molecule has 0 bridgehead atoms. The lowest BCUT2D eigenvalue weighted by molar-refractivity contribution is -0.122. The molecular formula is C24H25N5O2. The smallest absolute Gasteiger partial charge is 0.231 e. The minimum atomic E-state index is -0.372. The fraction of sp³-hybridized carbons (Fsp3) is 0.333. The molecule has 2 aromatic heterocycles. The predicted octanol–water partition coefficient (Wildman–Crippen LogP) is 3.00. The number of rotatable bonds is 6. The van der Waals surface area contributed by atoms with Crippen molar-refractivity contribution in [1.29, 1.82) is 0 Å². The zero-order valence-electron chi connectivity index (χ0n) is 17.3. The molecule has 0 saturated carbocycles. The van der Waals surface area contributed by atoms with E-state index in [1.54, 1.807) is 23.4 Å². The summed E-state index contributed by atoms with van der Waals surface area (Å²) < 4.78 is 1.81. The lowest BCUT2D eigenvalue weighted by atomic mass is 10.1. The molecule has 0 radical (unpaired) electrons. The van der Waals surface area contributed by atoms with Crippen molar-refractivity contribution in [2.45, 2.75) is 38.6 Å². The first-order valence-corrected chi connectivity index (χ1v) is 10.8. The average molecular weight is 415 g/mol. The number of aromatic nitrogens is 3. The number of amides is 2. The fourth-order valence-electron chi connectivity index (χ4n) is 4.43. The molecule has 158 valence electrons. The van der Waals surface area contributed by atoms with Gasteiger partial charge in [-0.1, -0.05) is 6.07 Å². The highest BCUT2D eigenvalue weighted by atomic mass is 16.2. The number of nitrogens with one attached hydrogen (secondary N) is 1. The van der Waals surface area contributed by atoms with Gasteiger partial charge in [0, 0.05) is 49.9 Å². The summed E-state index contributed by atoms with van der Waals surface area (Å²) in [7, 11) is 0. The number of carbonyl (C=O) groups is 2. The largest absolute Gasteiger partial charge is 0.312 e. The molecule has 3 heterocycles. The van der Waals surface area contributed by atoms with Crippen LogP contribution in [0.2, 0.25) is 0 Å². The Bertz CT molecular complexity index is 1110. The topological polar surface area (TPSA) is 80.1 Å². The van der Waals surface area contributed by atoms with Gasteiger partial charge in [-0.25, -0.2) is 0 Å². The molecule has 1 fully saturated rings. The maximum atomic E-state index is 12.8. The number of hydrogen-bond acceptors (Lipinski definition) is 4. The van der Waals surface area contributed by atoms with Gasteiger partial charge in [0.2, 0.25) is 11.8 Å². The number of carbonyl (C=O) groups excluding carboxylic acids is 2. The highest BCUT2D eigenvalue weighted by Gasteiger charge is 2.35. The zero-order chi connectivity index (χ0) is 21.2. The van der Waals surface area contributed by atoms with Crippen LogP contribution in [0.4, 0.5) is 11.5 Å². The summed E-state index contributed by atoms with van der Waals surface area (Å²) in [5, 5.41) is 7.32. The van der Waals surface area contributed by atoms with Crippen LogP contribution >= 0.6 is 0 Å². The van der Waals surface area contributed by atoms with Crippen molar-refractivity contribution in [1.82, 2.24) is 14.8 Å². The lowest BCUT2D eigenvalue weighted by Gasteiger charge is -2.17. The number of nitrogens with zero attached hydrogens (tertiary/aromatic N) is 4. The molecule has 1 atom stereocenters. The van der Waals surface area contributed by atoms with E-state index in [0.717, 1.165) is 24.9 Å². The zero-order valence-corrected chi connectivity index (χ0v) is 17.3. The Balaban J connectivity index is 1.18. The Morgan fingerprint density at radius 2 is 1.94 bits per heavy atom. The van der Waals surface area contributed by atoms with Crippen molar-refractivity contribution in [3.63, 3.8) is 0 Å². The minimum Gasteiger partial charge on any atom is -0.312 e. The first-order valence-electron chi connectivity index (χ1n) is 10.8. The van der Waals surface area contributed by atoms with E-state index < -0.39 is 0 Å². The van der Waals surface area contributed by atoms with Crippen LogP contribution in [0.25, 0.3) is 0 Å². The van der Waals surface area contributed by atoms with Crippen molar-refractivity contribution in [2.24, 2.45) is 5.92 Å². The van der Waals surface area contributed by atoms with E-state index >= 15 is 0 Å². The molecule has 1 unspecified atom stereocenters. The van der Waals surface area contributed by atoms with Gasteiger partial charge in [0.15, 0.2) is 5.82 Å². The monoisotopic (exact) mass is 415 g/mol. The standard InChI is InChI=1S/C24H25N5O2/c30-23-15-20(16-29(23)21-5-4-18-2-1-3-19(18)14-21)24(31)26-22-9-13-28(27-22)12-8-17-6-10-25-11-7-17/h4-7,9-11,13-14,20H,1-3,8,12,15-16H2,(H,26,27,31). The molecule has 1 aromatic carbocycles. The quantitative estimate of drug-likeness (QED) is 0.671. The van der Waals surface area contributed by atoms with Crippen LogP contribution in [0.15, 0.2) is 55.0 Å². The Labute approximate surface area is 181 Å². The third-order valence-corrected chi connectivity index (χ3v) is 6.16. The molecule has 0 spiro atoms. The van der Waals surface area contributed by atoms with E-state index in [-0.39, 0.29) is 24.2 Å². The van der Waals surface area contributed by atoms with Crippen molar-refractivity contribution < 1.29 is 9.59 Å². The second-order valence-electron chi connectivity index (χ2n) is 8.27. The highest BCUT2D eigenvalue weighted by molar-refractivity contribution is 6.03. The third-order valence-electron chi connectivity index (χ3n) is 6.16. The number of hydrogen-bond donors (Lipinski definition) is 1. The SMILES string of the molecule is O=C(Nc1ccn(CCc2ccncc2)n1)C1CC(=O)N(c2ccc3c(c2)CCC3)C1. The number of benzene rings is 1. The van der Waals surface area contributed by atoms with Crippen LogP contribution in [0.1, 0.15) is 29.5 Å². The summed E-state index contributed by atoms with van der Waals surface area (Å²) in [6.07, 6.45) is 9.83. The molecule has 5 rings (SSSR count). The summed E-state index contributed by atoms with van der Waals surface area (Å²) in [5.74, 6) is -0.0109. The second kappa shape index (κ2) is 8.34. The van der Waals surface area contributed by atoms with Crippen LogP contribution in [-0.2, 0) is 35.4 Å². The third kappa shape index (κ3) is 4.21. The van der Waals surface area contributed by atoms with Gasteiger partial charge >= 0.3 is 0 Å². The van der Waals surface area contributed by atoms with Gasteiger partial charge in [-0.2, -0.15) is 5.10 Å². The van der Waals surface area contributed by atoms with Gasteiger partial charge < -0.3 is 10.2 Å². The van der Waals surface area contributed by atoms with E-state index in [1.165, 1.54) is 23.1 Å². The minimum absolute atomic E-state index is 0.000905. The molecule has 7 heteroatoms. The summed E-state index contributed by atoms with van der Waals surface area (Å²) in [4.78, 5) is 31.1. The molecule has 1 aliphatic carbocycles. The molecule has 2 amide bonds. The van der Waals surface area contributed by atoms with Crippen molar-refractivity contribution in [2.75, 3.05) is 16.8 Å². The summed E-state index contributed by atoms with van der Waals surface area (Å²) in [6.45, 7) is 1.13. The lowest BCUT2D eigenvalue weighted by Crippen LogP contribution is -2.28. The number of aryl methyl sites for hydroxylation is 4.